The van der Waals surface area contributed by atoms with Gasteiger partial charge in [-0.05, 0) is 0 Å². The highest BCUT2D eigenvalue weighted by atomic mass is 16.4. The summed E-state index contributed by atoms with van der Waals surface area (Å²) in [7, 11) is 16.2. The lowest BCUT2D eigenvalue weighted by Crippen LogP contribution is -2.45. The average Bonchev–Trinajstić information content (AvgIpc) is 2.18. The molecule has 0 aliphatic rings. The zero-order valence-electron chi connectivity index (χ0n) is 8.02. The Hall–Kier alpha value is -1.85. The molecule has 5 nitrogen and oxygen atoms in total. The predicted molar refractivity (Wildman–Crippen MR) is 60.9 cm³/mol. The van der Waals surface area contributed by atoms with Gasteiger partial charge < -0.3 is 15.9 Å². The minimum atomic E-state index is -1.53. The molecule has 0 bridgehead atoms. The molecule has 0 heterocycles. The van der Waals surface area contributed by atoms with Crippen LogP contribution in [0.15, 0.2) is 0 Å². The van der Waals surface area contributed by atoms with Gasteiger partial charge >= 0.3 is 11.9 Å². The Morgan fingerprint density at radius 2 is 1.31 bits per heavy atom. The molecule has 0 aliphatic carbocycles. The van der Waals surface area contributed by atoms with Gasteiger partial charge in [-0.25, -0.2) is 9.59 Å². The van der Waals surface area contributed by atoms with Crippen molar-refractivity contribution >= 4 is 57.6 Å². The van der Waals surface area contributed by atoms with Crippen molar-refractivity contribution in [3.8, 4) is 0 Å². The molecule has 16 heavy (non-hydrogen) atoms. The lowest BCUT2D eigenvalue weighted by molar-refractivity contribution is 0.0653. The second kappa shape index (κ2) is 3.96. The smallest absolute Gasteiger partial charge is 0.338 e. The van der Waals surface area contributed by atoms with Crippen LogP contribution in [0, 0.1) is 0 Å². The van der Waals surface area contributed by atoms with Crippen LogP contribution in [0.4, 0.5) is 5.69 Å². The van der Waals surface area contributed by atoms with E-state index in [0.717, 1.165) is 0 Å². The third kappa shape index (κ3) is 1.66. The zero-order valence-corrected chi connectivity index (χ0v) is 8.02. The second-order valence-electron chi connectivity index (χ2n) is 3.02. The number of carboxylic acids is 2. The Morgan fingerprint density at radius 3 is 1.69 bits per heavy atom. The van der Waals surface area contributed by atoms with Crippen molar-refractivity contribution in [2.24, 2.45) is 0 Å². The summed E-state index contributed by atoms with van der Waals surface area (Å²) in [6.45, 7) is 0. The number of hydrogen-bond donors (Lipinski definition) is 3. The first kappa shape index (κ1) is 12.2. The molecule has 0 atom stereocenters. The summed E-state index contributed by atoms with van der Waals surface area (Å²) in [5, 5.41) is 17.7. The normalized spacial score (nSPS) is 10.0. The zero-order chi connectivity index (χ0) is 12.6. The van der Waals surface area contributed by atoms with E-state index in [4.69, 9.17) is 39.5 Å². The summed E-state index contributed by atoms with van der Waals surface area (Å²) in [6.07, 6.45) is 0. The van der Waals surface area contributed by atoms with Crippen LogP contribution in [0.5, 0.6) is 0 Å². The summed E-state index contributed by atoms with van der Waals surface area (Å²) < 4.78 is 0. The molecule has 4 N–H and O–H groups in total. The molecule has 0 amide bonds. The Morgan fingerprint density at radius 1 is 0.875 bits per heavy atom. The van der Waals surface area contributed by atoms with Gasteiger partial charge in [-0.2, -0.15) is 0 Å². The van der Waals surface area contributed by atoms with Crippen molar-refractivity contribution in [3.05, 3.63) is 11.1 Å². The van der Waals surface area contributed by atoms with Crippen LogP contribution >= 0.6 is 0 Å². The number of benzene rings is 1. The fraction of sp³-hybridized carbons (Fsp3) is 0. The number of hydrogen-bond acceptors (Lipinski definition) is 3. The molecule has 0 unspecified atom stereocenters. The molecule has 0 saturated heterocycles. The van der Waals surface area contributed by atoms with Crippen molar-refractivity contribution in [1.29, 1.82) is 0 Å². The van der Waals surface area contributed by atoms with Crippen LogP contribution in [-0.4, -0.2) is 45.7 Å². The minimum absolute atomic E-state index is 0.236. The Labute approximate surface area is 94.9 Å². The van der Waals surface area contributed by atoms with Gasteiger partial charge in [-0.1, -0.05) is 10.9 Å². The molecule has 8 heteroatoms. The Balaban J connectivity index is 3.83. The highest BCUT2D eigenvalue weighted by Crippen LogP contribution is 2.12. The van der Waals surface area contributed by atoms with Crippen LogP contribution in [-0.2, 0) is 0 Å². The average molecular weight is 211 g/mol. The second-order valence-corrected chi connectivity index (χ2v) is 3.02. The van der Waals surface area contributed by atoms with Crippen molar-refractivity contribution < 1.29 is 19.8 Å². The fourth-order valence-electron chi connectivity index (χ4n) is 1.27. The van der Waals surface area contributed by atoms with Gasteiger partial charge in [0.25, 0.3) is 0 Å². The summed E-state index contributed by atoms with van der Waals surface area (Å²) in [5.74, 6) is -3.07. The maximum absolute atomic E-state index is 10.9. The molecule has 74 valence electrons. The van der Waals surface area contributed by atoms with E-state index in [2.05, 4.69) is 0 Å². The van der Waals surface area contributed by atoms with Crippen molar-refractivity contribution in [2.75, 3.05) is 5.73 Å². The molecule has 1 aromatic rings. The van der Waals surface area contributed by atoms with E-state index in [1.54, 1.807) is 0 Å². The number of carboxylic acid groups (broad SMARTS) is 2. The van der Waals surface area contributed by atoms with E-state index in [-0.39, 0.29) is 10.9 Å². The molecule has 0 aliphatic heterocycles. The number of nitrogens with two attached hydrogens (primary N) is 1. The topological polar surface area (TPSA) is 101 Å². The molecule has 0 fully saturated rings. The lowest BCUT2D eigenvalue weighted by atomic mass is 9.68. The van der Waals surface area contributed by atoms with Crippen LogP contribution < -0.4 is 22.1 Å². The number of carbonyl (C=O) groups is 2. The summed E-state index contributed by atoms with van der Waals surface area (Å²) in [6, 6.07) is 0. The van der Waals surface area contributed by atoms with Crippen molar-refractivity contribution in [1.82, 2.24) is 0 Å². The van der Waals surface area contributed by atoms with Crippen LogP contribution in [0.2, 0.25) is 0 Å². The number of nitrogen functional groups attached to an aromatic ring is 1. The van der Waals surface area contributed by atoms with Gasteiger partial charge in [-0.15, -0.1) is 5.46 Å². The lowest BCUT2D eigenvalue weighted by Gasteiger charge is -2.16. The Bertz CT molecular complexity index is 456. The van der Waals surface area contributed by atoms with E-state index in [1.807, 2.05) is 0 Å². The Kier molecular flexibility index (Phi) is 3.03. The van der Waals surface area contributed by atoms with Crippen molar-refractivity contribution in [2.45, 2.75) is 0 Å². The van der Waals surface area contributed by atoms with Crippen LogP contribution in [0.1, 0.15) is 20.7 Å². The standard InChI is InChI=1S/C8H4B3NO4/c9-3-1(7(13)14)2(8(15)16)6(12)5(11)4(3)10/h12H2,(H,13,14)(H,15,16). The van der Waals surface area contributed by atoms with Gasteiger partial charge in [-0.3, -0.25) is 0 Å². The minimum Gasteiger partial charge on any atom is -0.478 e. The van der Waals surface area contributed by atoms with Gasteiger partial charge in [0, 0.05) is 5.69 Å². The first-order valence-electron chi connectivity index (χ1n) is 4.01. The van der Waals surface area contributed by atoms with E-state index >= 15 is 0 Å². The summed E-state index contributed by atoms with van der Waals surface area (Å²) >= 11 is 0. The third-order valence-corrected chi connectivity index (χ3v) is 2.09. The van der Waals surface area contributed by atoms with Gasteiger partial charge in [0.05, 0.1) is 11.1 Å². The van der Waals surface area contributed by atoms with E-state index < -0.39 is 34.2 Å². The van der Waals surface area contributed by atoms with Crippen LogP contribution in [0.25, 0.3) is 0 Å². The maximum atomic E-state index is 10.9. The molecule has 6 radical (unpaired) electrons. The largest absolute Gasteiger partial charge is 0.478 e. The predicted octanol–water partition coefficient (Wildman–Crippen LogP) is -2.95. The molecule has 1 aromatic carbocycles. The quantitative estimate of drug-likeness (QED) is 0.358. The molecular weight excluding hydrogens is 207 g/mol. The number of aromatic carboxylic acids is 2. The van der Waals surface area contributed by atoms with Gasteiger partial charge in [0.1, 0.15) is 23.5 Å². The monoisotopic (exact) mass is 211 g/mol. The van der Waals surface area contributed by atoms with E-state index in [1.165, 1.54) is 0 Å². The third-order valence-electron chi connectivity index (χ3n) is 2.09. The molecule has 0 saturated carbocycles. The molecular formula is C8H4B3NO4. The first-order chi connectivity index (χ1) is 7.29. The van der Waals surface area contributed by atoms with Crippen LogP contribution in [0.3, 0.4) is 0 Å². The van der Waals surface area contributed by atoms with E-state index in [9.17, 15) is 9.59 Å². The SMILES string of the molecule is [B]c1c([B])c(N)c(C(=O)O)c(C(=O)O)c1[B]. The van der Waals surface area contributed by atoms with Gasteiger partial charge in [0.15, 0.2) is 0 Å². The highest BCUT2D eigenvalue weighted by molar-refractivity contribution is 6.60. The summed E-state index contributed by atoms with van der Waals surface area (Å²) in [5.41, 5.74) is 2.79. The maximum Gasteiger partial charge on any atom is 0.338 e. The molecule has 0 spiro atoms. The fourth-order valence-corrected chi connectivity index (χ4v) is 1.27. The molecule has 0 aromatic heterocycles. The highest BCUT2D eigenvalue weighted by Gasteiger charge is 2.23. The van der Waals surface area contributed by atoms with Crippen molar-refractivity contribution in [3.63, 3.8) is 0 Å². The van der Waals surface area contributed by atoms with E-state index in [0.29, 0.717) is 0 Å². The summed E-state index contributed by atoms with van der Waals surface area (Å²) in [4.78, 5) is 21.7. The molecule has 1 rings (SSSR count). The number of anilines is 1. The van der Waals surface area contributed by atoms with Gasteiger partial charge in [0.2, 0.25) is 0 Å². The first-order valence-corrected chi connectivity index (χ1v) is 4.01. The number of rotatable bonds is 2.